The van der Waals surface area contributed by atoms with Crippen molar-refractivity contribution in [2.45, 2.75) is 38.7 Å². The van der Waals surface area contributed by atoms with Gasteiger partial charge in [-0.15, -0.1) is 0 Å². The number of rotatable bonds is 4. The van der Waals surface area contributed by atoms with E-state index >= 15 is 0 Å². The summed E-state index contributed by atoms with van der Waals surface area (Å²) >= 11 is 1.40. The third-order valence-corrected chi connectivity index (χ3v) is 3.78. The summed E-state index contributed by atoms with van der Waals surface area (Å²) < 4.78 is 10.9. The Morgan fingerprint density at radius 2 is 2.07 bits per heavy atom. The van der Waals surface area contributed by atoms with Crippen LogP contribution in [0.15, 0.2) is 0 Å². The van der Waals surface area contributed by atoms with Crippen molar-refractivity contribution in [3.63, 3.8) is 0 Å². The van der Waals surface area contributed by atoms with Gasteiger partial charge in [0.1, 0.15) is 0 Å². The number of carbonyl (C=O) groups is 1. The van der Waals surface area contributed by atoms with Gasteiger partial charge in [0, 0.05) is 18.1 Å². The van der Waals surface area contributed by atoms with Gasteiger partial charge in [-0.1, -0.05) is 25.6 Å². The van der Waals surface area contributed by atoms with Crippen molar-refractivity contribution in [1.82, 2.24) is 0 Å². The largest absolute Gasteiger partial charge is 0.350 e. The van der Waals surface area contributed by atoms with E-state index < -0.39 is 0 Å². The van der Waals surface area contributed by atoms with Crippen LogP contribution in [-0.2, 0) is 14.3 Å². The zero-order chi connectivity index (χ0) is 10.6. The Bertz CT molecular complexity index is 190. The van der Waals surface area contributed by atoms with Gasteiger partial charge in [-0.05, 0) is 6.42 Å². The van der Waals surface area contributed by atoms with Crippen LogP contribution in [0, 0.1) is 5.92 Å². The molecule has 0 spiro atoms. The zero-order valence-electron chi connectivity index (χ0n) is 8.99. The van der Waals surface area contributed by atoms with E-state index in [2.05, 4.69) is 13.8 Å². The van der Waals surface area contributed by atoms with Gasteiger partial charge >= 0.3 is 0 Å². The Kier molecular flexibility index (Phi) is 4.92. The molecule has 0 aromatic rings. The molecule has 0 amide bonds. The monoisotopic (exact) mass is 218 g/mol. The number of carbonyl (C=O) groups excluding carboxylic acids is 1. The SMILES string of the molecule is CCC(SC(C)=O)C(C)C1OCCO1. The summed E-state index contributed by atoms with van der Waals surface area (Å²) in [5.74, 6) is 0.274. The molecule has 82 valence electrons. The molecule has 4 heteroatoms. The highest BCUT2D eigenvalue weighted by molar-refractivity contribution is 8.14. The van der Waals surface area contributed by atoms with Crippen LogP contribution in [0.25, 0.3) is 0 Å². The molecular formula is C10H18O3S. The van der Waals surface area contributed by atoms with E-state index in [9.17, 15) is 4.79 Å². The smallest absolute Gasteiger partial charge is 0.186 e. The quantitative estimate of drug-likeness (QED) is 0.723. The molecule has 3 nitrogen and oxygen atoms in total. The van der Waals surface area contributed by atoms with Crippen LogP contribution in [0.3, 0.4) is 0 Å². The maximum absolute atomic E-state index is 11.0. The Morgan fingerprint density at radius 1 is 1.50 bits per heavy atom. The second-order valence-electron chi connectivity index (χ2n) is 3.53. The first-order valence-electron chi connectivity index (χ1n) is 5.05. The minimum atomic E-state index is -0.119. The number of thioether (sulfide) groups is 1. The molecule has 0 N–H and O–H groups in total. The van der Waals surface area contributed by atoms with E-state index in [0.29, 0.717) is 18.5 Å². The lowest BCUT2D eigenvalue weighted by molar-refractivity contribution is -0.109. The van der Waals surface area contributed by atoms with Crippen molar-refractivity contribution >= 4 is 16.9 Å². The Morgan fingerprint density at radius 3 is 2.50 bits per heavy atom. The van der Waals surface area contributed by atoms with Crippen molar-refractivity contribution < 1.29 is 14.3 Å². The van der Waals surface area contributed by atoms with Crippen LogP contribution >= 0.6 is 11.8 Å². The molecule has 1 saturated heterocycles. The molecule has 0 bridgehead atoms. The summed E-state index contributed by atoms with van der Waals surface area (Å²) in [6.45, 7) is 7.13. The summed E-state index contributed by atoms with van der Waals surface area (Å²) in [7, 11) is 0. The predicted molar refractivity (Wildman–Crippen MR) is 57.2 cm³/mol. The molecule has 1 fully saturated rings. The number of hydrogen-bond donors (Lipinski definition) is 0. The van der Waals surface area contributed by atoms with Crippen molar-refractivity contribution in [3.05, 3.63) is 0 Å². The molecule has 1 heterocycles. The van der Waals surface area contributed by atoms with E-state index in [-0.39, 0.29) is 17.3 Å². The molecule has 0 aromatic carbocycles. The highest BCUT2D eigenvalue weighted by Crippen LogP contribution is 2.29. The fourth-order valence-electron chi connectivity index (χ4n) is 1.63. The molecule has 0 saturated carbocycles. The van der Waals surface area contributed by atoms with Gasteiger partial charge in [0.25, 0.3) is 0 Å². The van der Waals surface area contributed by atoms with Gasteiger partial charge < -0.3 is 9.47 Å². The van der Waals surface area contributed by atoms with E-state index in [1.165, 1.54) is 11.8 Å². The maximum Gasteiger partial charge on any atom is 0.186 e. The molecule has 1 aliphatic heterocycles. The van der Waals surface area contributed by atoms with Crippen LogP contribution in [0.1, 0.15) is 27.2 Å². The summed E-state index contributed by atoms with van der Waals surface area (Å²) in [5, 5.41) is 0.470. The summed E-state index contributed by atoms with van der Waals surface area (Å²) in [6.07, 6.45) is 0.848. The second kappa shape index (κ2) is 5.73. The molecular weight excluding hydrogens is 200 g/mol. The highest BCUT2D eigenvalue weighted by Gasteiger charge is 2.30. The first kappa shape index (κ1) is 12.0. The van der Waals surface area contributed by atoms with Gasteiger partial charge in [-0.25, -0.2) is 0 Å². The predicted octanol–water partition coefficient (Wildman–Crippen LogP) is 2.05. The number of hydrogen-bond acceptors (Lipinski definition) is 4. The van der Waals surface area contributed by atoms with Gasteiger partial charge in [0.15, 0.2) is 11.4 Å². The third kappa shape index (κ3) is 3.26. The van der Waals surface area contributed by atoms with Crippen LogP contribution in [0.4, 0.5) is 0 Å². The molecule has 1 aliphatic rings. The van der Waals surface area contributed by atoms with Crippen LogP contribution in [0.5, 0.6) is 0 Å². The molecule has 1 rings (SSSR count). The maximum atomic E-state index is 11.0. The zero-order valence-corrected chi connectivity index (χ0v) is 9.80. The Balaban J connectivity index is 2.45. The molecule has 0 aromatic heterocycles. The lowest BCUT2D eigenvalue weighted by Gasteiger charge is -2.25. The lowest BCUT2D eigenvalue weighted by Crippen LogP contribution is -2.28. The molecule has 2 unspecified atom stereocenters. The topological polar surface area (TPSA) is 35.5 Å². The molecule has 0 radical (unpaired) electrons. The second-order valence-corrected chi connectivity index (χ2v) is 4.94. The molecule has 14 heavy (non-hydrogen) atoms. The summed E-state index contributed by atoms with van der Waals surface area (Å²) in [5.41, 5.74) is 0. The van der Waals surface area contributed by atoms with E-state index in [4.69, 9.17) is 9.47 Å². The standard InChI is InChI=1S/C10H18O3S/c1-4-9(14-8(3)11)7(2)10-12-5-6-13-10/h7,9-10H,4-6H2,1-3H3. The van der Waals surface area contributed by atoms with Crippen LogP contribution < -0.4 is 0 Å². The molecule has 2 atom stereocenters. The Labute approximate surface area is 89.5 Å². The van der Waals surface area contributed by atoms with Gasteiger partial charge in [0.05, 0.1) is 13.2 Å². The average Bonchev–Trinajstić information content (AvgIpc) is 2.65. The van der Waals surface area contributed by atoms with Crippen molar-refractivity contribution in [3.8, 4) is 0 Å². The first-order valence-corrected chi connectivity index (χ1v) is 5.93. The number of ether oxygens (including phenoxy) is 2. The van der Waals surface area contributed by atoms with Gasteiger partial charge in [-0.2, -0.15) is 0 Å². The summed E-state index contributed by atoms with van der Waals surface area (Å²) in [4.78, 5) is 11.0. The minimum absolute atomic E-state index is 0.119. The minimum Gasteiger partial charge on any atom is -0.350 e. The normalized spacial score (nSPS) is 22.2. The average molecular weight is 218 g/mol. The van der Waals surface area contributed by atoms with Crippen molar-refractivity contribution in [1.29, 1.82) is 0 Å². The Hall–Kier alpha value is -0.0600. The fraction of sp³-hybridized carbons (Fsp3) is 0.900. The van der Waals surface area contributed by atoms with Gasteiger partial charge in [0.2, 0.25) is 0 Å². The highest BCUT2D eigenvalue weighted by atomic mass is 32.2. The van der Waals surface area contributed by atoms with Gasteiger partial charge in [-0.3, -0.25) is 4.79 Å². The lowest BCUT2D eigenvalue weighted by atomic mass is 10.1. The first-order chi connectivity index (χ1) is 6.65. The fourth-order valence-corrected chi connectivity index (χ4v) is 2.57. The molecule has 0 aliphatic carbocycles. The third-order valence-electron chi connectivity index (χ3n) is 2.38. The van der Waals surface area contributed by atoms with Crippen molar-refractivity contribution in [2.75, 3.05) is 13.2 Å². The van der Waals surface area contributed by atoms with E-state index in [1.807, 2.05) is 0 Å². The van der Waals surface area contributed by atoms with E-state index in [1.54, 1.807) is 6.92 Å². The van der Waals surface area contributed by atoms with Crippen LogP contribution in [0.2, 0.25) is 0 Å². The summed E-state index contributed by atoms with van der Waals surface area (Å²) in [6, 6.07) is 0. The van der Waals surface area contributed by atoms with Crippen molar-refractivity contribution in [2.24, 2.45) is 5.92 Å². The van der Waals surface area contributed by atoms with Crippen LogP contribution in [-0.4, -0.2) is 29.9 Å². The van der Waals surface area contributed by atoms with E-state index in [0.717, 1.165) is 6.42 Å².